The summed E-state index contributed by atoms with van der Waals surface area (Å²) in [4.78, 5) is 12.7. The second kappa shape index (κ2) is 6.12. The Labute approximate surface area is 127 Å². The molecule has 3 aromatic rings. The summed E-state index contributed by atoms with van der Waals surface area (Å²) in [6, 6.07) is 13.7. The fourth-order valence-corrected chi connectivity index (χ4v) is 2.59. The van der Waals surface area contributed by atoms with Gasteiger partial charge in [0.1, 0.15) is 5.82 Å². The highest BCUT2D eigenvalue weighted by molar-refractivity contribution is 6.16. The lowest BCUT2D eigenvalue weighted by Gasteiger charge is -2.03. The molecule has 1 aromatic heterocycles. The summed E-state index contributed by atoms with van der Waals surface area (Å²) in [5.74, 6) is -0.799. The lowest BCUT2D eigenvalue weighted by atomic mass is 10.0. The van der Waals surface area contributed by atoms with Crippen LogP contribution in [-0.4, -0.2) is 24.1 Å². The smallest absolute Gasteiger partial charge is 0.198 e. The maximum atomic E-state index is 13.9. The third-order valence-corrected chi connectivity index (χ3v) is 3.69. The Morgan fingerprint density at radius 1 is 1.09 bits per heavy atom. The van der Waals surface area contributed by atoms with Crippen LogP contribution in [0.1, 0.15) is 15.9 Å². The highest BCUT2D eigenvalue weighted by Crippen LogP contribution is 2.24. The second-order valence-electron chi connectivity index (χ2n) is 5.06. The number of carbonyl (C=O) groups excluding carboxylic acids is 1. The van der Waals surface area contributed by atoms with Crippen LogP contribution in [0.3, 0.4) is 0 Å². The summed E-state index contributed by atoms with van der Waals surface area (Å²) < 4.78 is 21.0. The minimum Gasteiger partial charge on any atom is -0.383 e. The zero-order valence-electron chi connectivity index (χ0n) is 12.3. The molecule has 0 saturated carbocycles. The lowest BCUT2D eigenvalue weighted by Crippen LogP contribution is -2.05. The number of carbonyl (C=O) groups is 1. The van der Waals surface area contributed by atoms with Crippen molar-refractivity contribution in [3.8, 4) is 0 Å². The van der Waals surface area contributed by atoms with Gasteiger partial charge in [0, 0.05) is 36.3 Å². The number of halogens is 1. The summed E-state index contributed by atoms with van der Waals surface area (Å²) in [7, 11) is 1.64. The van der Waals surface area contributed by atoms with E-state index in [2.05, 4.69) is 0 Å². The molecule has 0 radical (unpaired) electrons. The maximum Gasteiger partial charge on any atom is 0.198 e. The highest BCUT2D eigenvalue weighted by atomic mass is 19.1. The van der Waals surface area contributed by atoms with E-state index in [1.165, 1.54) is 12.1 Å². The highest BCUT2D eigenvalue weighted by Gasteiger charge is 2.18. The summed E-state index contributed by atoms with van der Waals surface area (Å²) in [5, 5.41) is 0.826. The largest absolute Gasteiger partial charge is 0.383 e. The second-order valence-corrected chi connectivity index (χ2v) is 5.06. The first kappa shape index (κ1) is 14.5. The number of aromatic nitrogens is 1. The number of ether oxygens (including phenoxy) is 1. The lowest BCUT2D eigenvalue weighted by molar-refractivity contribution is 0.103. The van der Waals surface area contributed by atoms with Gasteiger partial charge in [0.25, 0.3) is 0 Å². The van der Waals surface area contributed by atoms with Crippen molar-refractivity contribution in [3.63, 3.8) is 0 Å². The fraction of sp³-hybridized carbons (Fsp3) is 0.167. The Morgan fingerprint density at radius 2 is 1.82 bits per heavy atom. The van der Waals surface area contributed by atoms with Gasteiger partial charge in [-0.3, -0.25) is 4.79 Å². The number of methoxy groups -OCH3 is 1. The van der Waals surface area contributed by atoms with E-state index in [9.17, 15) is 9.18 Å². The van der Waals surface area contributed by atoms with E-state index in [-0.39, 0.29) is 11.3 Å². The van der Waals surface area contributed by atoms with Crippen molar-refractivity contribution in [3.05, 3.63) is 71.7 Å². The Bertz CT molecular complexity index is 823. The molecular weight excluding hydrogens is 281 g/mol. The zero-order chi connectivity index (χ0) is 15.5. The Hall–Kier alpha value is -2.46. The van der Waals surface area contributed by atoms with Gasteiger partial charge in [0.05, 0.1) is 12.2 Å². The topological polar surface area (TPSA) is 31.2 Å². The molecule has 0 fully saturated rings. The molecule has 22 heavy (non-hydrogen) atoms. The van der Waals surface area contributed by atoms with Gasteiger partial charge in [0.2, 0.25) is 0 Å². The third kappa shape index (κ3) is 2.53. The fourth-order valence-electron chi connectivity index (χ4n) is 2.59. The zero-order valence-corrected chi connectivity index (χ0v) is 12.3. The molecule has 0 spiro atoms. The monoisotopic (exact) mass is 297 g/mol. The predicted molar refractivity (Wildman–Crippen MR) is 83.6 cm³/mol. The number of hydrogen-bond donors (Lipinski definition) is 0. The van der Waals surface area contributed by atoms with Gasteiger partial charge in [-0.05, 0) is 18.2 Å². The average molecular weight is 297 g/mol. The van der Waals surface area contributed by atoms with Gasteiger partial charge in [-0.15, -0.1) is 0 Å². The van der Waals surface area contributed by atoms with Crippen LogP contribution >= 0.6 is 0 Å². The molecule has 0 saturated heterocycles. The molecule has 0 amide bonds. The van der Waals surface area contributed by atoms with E-state index >= 15 is 0 Å². The minimum absolute atomic E-state index is 0.0946. The molecule has 1 heterocycles. The van der Waals surface area contributed by atoms with E-state index in [0.29, 0.717) is 18.7 Å². The van der Waals surface area contributed by atoms with Crippen molar-refractivity contribution in [2.45, 2.75) is 6.54 Å². The van der Waals surface area contributed by atoms with Crippen molar-refractivity contribution in [2.75, 3.05) is 13.7 Å². The van der Waals surface area contributed by atoms with Crippen LogP contribution < -0.4 is 0 Å². The van der Waals surface area contributed by atoms with Crippen molar-refractivity contribution in [1.82, 2.24) is 4.57 Å². The standard InChI is InChI=1S/C18H16FNO2/c1-22-11-10-20-12-15(13-6-3-5-9-17(13)20)18(21)14-7-2-4-8-16(14)19/h2-9,12H,10-11H2,1H3. The Morgan fingerprint density at radius 3 is 2.59 bits per heavy atom. The van der Waals surface area contributed by atoms with Crippen LogP contribution in [0, 0.1) is 5.82 Å². The SMILES string of the molecule is COCCn1cc(C(=O)c2ccccc2F)c2ccccc21. The number of hydrogen-bond acceptors (Lipinski definition) is 2. The molecular formula is C18H16FNO2. The van der Waals surface area contributed by atoms with E-state index in [4.69, 9.17) is 4.74 Å². The van der Waals surface area contributed by atoms with Crippen molar-refractivity contribution in [1.29, 1.82) is 0 Å². The van der Waals surface area contributed by atoms with Crippen LogP contribution in [0.25, 0.3) is 10.9 Å². The predicted octanol–water partition coefficient (Wildman–Crippen LogP) is 3.66. The molecule has 0 bridgehead atoms. The summed E-state index contributed by atoms with van der Waals surface area (Å²) in [5.41, 5.74) is 1.55. The molecule has 3 rings (SSSR count). The Kier molecular flexibility index (Phi) is 4.02. The number of ketones is 1. The summed E-state index contributed by atoms with van der Waals surface area (Å²) in [6.45, 7) is 1.19. The van der Waals surface area contributed by atoms with Gasteiger partial charge in [-0.25, -0.2) is 4.39 Å². The average Bonchev–Trinajstić information content (AvgIpc) is 2.92. The quantitative estimate of drug-likeness (QED) is 0.673. The van der Waals surface area contributed by atoms with Crippen molar-refractivity contribution < 1.29 is 13.9 Å². The first-order valence-corrected chi connectivity index (χ1v) is 7.08. The van der Waals surface area contributed by atoms with Crippen molar-refractivity contribution >= 4 is 16.7 Å². The molecule has 2 aromatic carbocycles. The van der Waals surface area contributed by atoms with E-state index in [1.54, 1.807) is 25.4 Å². The normalized spacial score (nSPS) is 11.0. The Balaban J connectivity index is 2.11. The van der Waals surface area contributed by atoms with E-state index in [0.717, 1.165) is 10.9 Å². The third-order valence-electron chi connectivity index (χ3n) is 3.69. The molecule has 0 N–H and O–H groups in total. The number of fused-ring (bicyclic) bond motifs is 1. The number of nitrogens with zero attached hydrogens (tertiary/aromatic N) is 1. The van der Waals surface area contributed by atoms with Gasteiger partial charge in [-0.1, -0.05) is 30.3 Å². The van der Waals surface area contributed by atoms with Crippen LogP contribution in [0.15, 0.2) is 54.7 Å². The molecule has 0 unspecified atom stereocenters. The van der Waals surface area contributed by atoms with Gasteiger partial charge in [-0.2, -0.15) is 0 Å². The number of benzene rings is 2. The van der Waals surface area contributed by atoms with Crippen molar-refractivity contribution in [2.24, 2.45) is 0 Å². The molecule has 112 valence electrons. The van der Waals surface area contributed by atoms with E-state index in [1.807, 2.05) is 28.8 Å². The summed E-state index contributed by atoms with van der Waals surface area (Å²) in [6.07, 6.45) is 1.78. The first-order chi connectivity index (χ1) is 10.7. The van der Waals surface area contributed by atoms with Crippen LogP contribution in [0.5, 0.6) is 0 Å². The van der Waals surface area contributed by atoms with E-state index < -0.39 is 5.82 Å². The van der Waals surface area contributed by atoms with Gasteiger partial charge in [0.15, 0.2) is 5.78 Å². The van der Waals surface area contributed by atoms with Gasteiger partial charge < -0.3 is 9.30 Å². The maximum absolute atomic E-state index is 13.9. The minimum atomic E-state index is -0.499. The first-order valence-electron chi connectivity index (χ1n) is 7.08. The van der Waals surface area contributed by atoms with Crippen LogP contribution in [-0.2, 0) is 11.3 Å². The molecule has 0 aliphatic heterocycles. The molecule has 0 aliphatic carbocycles. The molecule has 3 nitrogen and oxygen atoms in total. The molecule has 0 atom stereocenters. The number of rotatable bonds is 5. The van der Waals surface area contributed by atoms with Gasteiger partial charge >= 0.3 is 0 Å². The molecule has 0 aliphatic rings. The van der Waals surface area contributed by atoms with Crippen LogP contribution in [0.2, 0.25) is 0 Å². The summed E-state index contributed by atoms with van der Waals surface area (Å²) >= 11 is 0. The number of para-hydroxylation sites is 1. The van der Waals surface area contributed by atoms with Crippen LogP contribution in [0.4, 0.5) is 4.39 Å². The molecule has 4 heteroatoms.